The third kappa shape index (κ3) is 4.27. The fourth-order valence-corrected chi connectivity index (χ4v) is 1.26. The molecule has 0 aliphatic heterocycles. The van der Waals surface area contributed by atoms with E-state index in [1.165, 1.54) is 5.56 Å². The first-order chi connectivity index (χ1) is 7.61. The van der Waals surface area contributed by atoms with Gasteiger partial charge in [-0.3, -0.25) is 4.79 Å². The molecule has 0 aliphatic carbocycles. The zero-order chi connectivity index (χ0) is 12.0. The molecule has 0 spiro atoms. The van der Waals surface area contributed by atoms with Crippen molar-refractivity contribution in [3.8, 4) is 5.75 Å². The summed E-state index contributed by atoms with van der Waals surface area (Å²) in [6.45, 7) is 1.98. The largest absolute Gasteiger partial charge is 0.484 e. The maximum Gasteiger partial charge on any atom is 0.264 e. The second-order valence-corrected chi connectivity index (χ2v) is 3.64. The van der Waals surface area contributed by atoms with Crippen molar-refractivity contribution in [2.24, 2.45) is 5.73 Å². The molecular formula is C11H14N2O2S. The Hall–Kier alpha value is -1.62. The molecule has 0 saturated heterocycles. The van der Waals surface area contributed by atoms with Crippen LogP contribution in [0.15, 0.2) is 24.3 Å². The maximum absolute atomic E-state index is 11.1. The first-order valence-corrected chi connectivity index (χ1v) is 5.33. The van der Waals surface area contributed by atoms with Crippen molar-refractivity contribution in [2.45, 2.75) is 13.3 Å². The highest BCUT2D eigenvalue weighted by Gasteiger charge is 2.02. The molecule has 0 radical (unpaired) electrons. The van der Waals surface area contributed by atoms with E-state index in [9.17, 15) is 4.79 Å². The Kier molecular flexibility index (Phi) is 4.72. The molecule has 0 fully saturated rings. The second kappa shape index (κ2) is 6.07. The fraction of sp³-hybridized carbons (Fsp3) is 0.273. The lowest BCUT2D eigenvalue weighted by atomic mass is 10.2. The molecule has 1 aromatic carbocycles. The predicted molar refractivity (Wildman–Crippen MR) is 66.2 cm³/mol. The Bertz CT molecular complexity index is 376. The molecule has 1 rings (SSSR count). The summed E-state index contributed by atoms with van der Waals surface area (Å²) in [5.74, 6) is 0.294. The number of carbonyl (C=O) groups is 1. The summed E-state index contributed by atoms with van der Waals surface area (Å²) in [6.07, 6.45) is 0.974. The highest BCUT2D eigenvalue weighted by Crippen LogP contribution is 2.12. The zero-order valence-corrected chi connectivity index (χ0v) is 9.84. The summed E-state index contributed by atoms with van der Waals surface area (Å²) in [7, 11) is 0. The van der Waals surface area contributed by atoms with Gasteiger partial charge in [0.05, 0.1) is 0 Å². The summed E-state index contributed by atoms with van der Waals surface area (Å²) in [4.78, 5) is 11.1. The van der Waals surface area contributed by atoms with Crippen molar-refractivity contribution in [3.63, 3.8) is 0 Å². The van der Waals surface area contributed by atoms with Crippen LogP contribution in [-0.2, 0) is 11.2 Å². The topological polar surface area (TPSA) is 64.3 Å². The molecule has 0 bridgehead atoms. The van der Waals surface area contributed by atoms with Crippen LogP contribution in [0.1, 0.15) is 12.5 Å². The van der Waals surface area contributed by atoms with Crippen molar-refractivity contribution in [1.82, 2.24) is 5.32 Å². The van der Waals surface area contributed by atoms with E-state index in [2.05, 4.69) is 24.5 Å². The van der Waals surface area contributed by atoms with Gasteiger partial charge in [-0.15, -0.1) is 0 Å². The van der Waals surface area contributed by atoms with Crippen molar-refractivity contribution >= 4 is 23.2 Å². The average Bonchev–Trinajstić information content (AvgIpc) is 2.26. The lowest BCUT2D eigenvalue weighted by molar-refractivity contribution is -0.121. The molecule has 3 N–H and O–H groups in total. The zero-order valence-electron chi connectivity index (χ0n) is 9.03. The standard InChI is InChI=1S/C11H14N2O2S/c1-2-8-3-5-9(6-4-8)15-7-10(14)13-11(12)16/h3-6H,2,7H2,1H3,(H3,12,13,14,16). The van der Waals surface area contributed by atoms with Gasteiger partial charge in [-0.05, 0) is 36.3 Å². The maximum atomic E-state index is 11.1. The Labute approximate surface area is 99.8 Å². The molecule has 4 nitrogen and oxygen atoms in total. The molecule has 16 heavy (non-hydrogen) atoms. The molecule has 0 unspecified atom stereocenters. The third-order valence-electron chi connectivity index (χ3n) is 1.96. The van der Waals surface area contributed by atoms with Gasteiger partial charge in [0, 0.05) is 0 Å². The summed E-state index contributed by atoms with van der Waals surface area (Å²) >= 11 is 4.53. The van der Waals surface area contributed by atoms with Gasteiger partial charge in [0.2, 0.25) is 0 Å². The summed E-state index contributed by atoms with van der Waals surface area (Å²) in [6, 6.07) is 7.57. The molecule has 5 heteroatoms. The van der Waals surface area contributed by atoms with Gasteiger partial charge in [-0.2, -0.15) is 0 Å². The molecule has 1 amide bonds. The van der Waals surface area contributed by atoms with Crippen molar-refractivity contribution in [2.75, 3.05) is 6.61 Å². The number of thiocarbonyl (C=S) groups is 1. The quantitative estimate of drug-likeness (QED) is 0.768. The van der Waals surface area contributed by atoms with Crippen molar-refractivity contribution < 1.29 is 9.53 Å². The second-order valence-electron chi connectivity index (χ2n) is 3.20. The van der Waals surface area contributed by atoms with Gasteiger partial charge in [0.1, 0.15) is 5.75 Å². The molecule has 0 heterocycles. The van der Waals surface area contributed by atoms with E-state index in [-0.39, 0.29) is 17.6 Å². The summed E-state index contributed by atoms with van der Waals surface area (Å²) < 4.78 is 5.24. The monoisotopic (exact) mass is 238 g/mol. The number of hydrogen-bond donors (Lipinski definition) is 2. The number of nitrogens with one attached hydrogen (secondary N) is 1. The Balaban J connectivity index is 2.42. The minimum absolute atomic E-state index is 0.0464. The first-order valence-electron chi connectivity index (χ1n) is 4.93. The van der Waals surface area contributed by atoms with Crippen molar-refractivity contribution in [1.29, 1.82) is 0 Å². The van der Waals surface area contributed by atoms with Crippen LogP contribution in [0.4, 0.5) is 0 Å². The number of benzene rings is 1. The lowest BCUT2D eigenvalue weighted by Crippen LogP contribution is -2.37. The van der Waals surface area contributed by atoms with Crippen LogP contribution in [0.2, 0.25) is 0 Å². The Morgan fingerprint density at radius 2 is 2.06 bits per heavy atom. The smallest absolute Gasteiger partial charge is 0.264 e. The first kappa shape index (κ1) is 12.4. The fourth-order valence-electron chi connectivity index (χ4n) is 1.14. The van der Waals surface area contributed by atoms with Crippen molar-refractivity contribution in [3.05, 3.63) is 29.8 Å². The van der Waals surface area contributed by atoms with Gasteiger partial charge in [0.15, 0.2) is 11.7 Å². The Morgan fingerprint density at radius 3 is 2.56 bits per heavy atom. The number of hydrogen-bond acceptors (Lipinski definition) is 3. The molecular weight excluding hydrogens is 224 g/mol. The number of ether oxygens (including phenoxy) is 1. The normalized spacial score (nSPS) is 9.56. The van der Waals surface area contributed by atoms with E-state index < -0.39 is 0 Å². The highest BCUT2D eigenvalue weighted by molar-refractivity contribution is 7.80. The predicted octanol–water partition coefficient (Wildman–Crippen LogP) is 0.988. The van der Waals surface area contributed by atoms with Crippen LogP contribution in [0.25, 0.3) is 0 Å². The minimum Gasteiger partial charge on any atom is -0.484 e. The molecule has 0 aromatic heterocycles. The van der Waals surface area contributed by atoms with E-state index in [0.29, 0.717) is 5.75 Å². The van der Waals surface area contributed by atoms with E-state index in [0.717, 1.165) is 6.42 Å². The molecule has 86 valence electrons. The van der Waals surface area contributed by atoms with Crippen LogP contribution < -0.4 is 15.8 Å². The third-order valence-corrected chi connectivity index (χ3v) is 2.07. The number of aryl methyl sites for hydroxylation is 1. The molecule has 0 atom stereocenters. The van der Waals surface area contributed by atoms with Crippen LogP contribution in [-0.4, -0.2) is 17.6 Å². The minimum atomic E-state index is -0.355. The Morgan fingerprint density at radius 1 is 1.44 bits per heavy atom. The average molecular weight is 238 g/mol. The van der Waals surface area contributed by atoms with Gasteiger partial charge in [-0.25, -0.2) is 0 Å². The van der Waals surface area contributed by atoms with E-state index >= 15 is 0 Å². The van der Waals surface area contributed by atoms with Gasteiger partial charge in [0.25, 0.3) is 5.91 Å². The van der Waals surface area contributed by atoms with Gasteiger partial charge >= 0.3 is 0 Å². The molecule has 1 aromatic rings. The van der Waals surface area contributed by atoms with E-state index in [1.807, 2.05) is 24.3 Å². The number of carbonyl (C=O) groups excluding carboxylic acids is 1. The number of nitrogens with two attached hydrogens (primary N) is 1. The van der Waals surface area contributed by atoms with Gasteiger partial charge in [-0.1, -0.05) is 19.1 Å². The molecule has 0 aliphatic rings. The lowest BCUT2D eigenvalue weighted by Gasteiger charge is -2.06. The molecule has 0 saturated carbocycles. The summed E-state index contributed by atoms with van der Waals surface area (Å²) in [5, 5.41) is 2.23. The SMILES string of the molecule is CCc1ccc(OCC(=O)NC(N)=S)cc1. The van der Waals surface area contributed by atoms with Crippen LogP contribution >= 0.6 is 12.2 Å². The summed E-state index contributed by atoms with van der Waals surface area (Å²) in [5.41, 5.74) is 6.37. The van der Waals surface area contributed by atoms with E-state index in [4.69, 9.17) is 10.5 Å². The number of rotatable bonds is 4. The van der Waals surface area contributed by atoms with E-state index in [1.54, 1.807) is 0 Å². The number of amides is 1. The highest BCUT2D eigenvalue weighted by atomic mass is 32.1. The van der Waals surface area contributed by atoms with Gasteiger partial charge < -0.3 is 15.8 Å². The van der Waals surface area contributed by atoms with Crippen LogP contribution in [0, 0.1) is 0 Å². The van der Waals surface area contributed by atoms with Crippen LogP contribution in [0.3, 0.4) is 0 Å². The van der Waals surface area contributed by atoms with Crippen LogP contribution in [0.5, 0.6) is 5.75 Å².